The number of nitrogens with one attached hydrogen (secondary N) is 1. The van der Waals surface area contributed by atoms with Gasteiger partial charge in [0.15, 0.2) is 0 Å². The number of aliphatic hydroxyl groups is 2. The van der Waals surface area contributed by atoms with Crippen LogP contribution in [0.5, 0.6) is 0 Å². The summed E-state index contributed by atoms with van der Waals surface area (Å²) in [6.07, 6.45) is 76.6. The van der Waals surface area contributed by atoms with Gasteiger partial charge in [-0.05, 0) is 51.4 Å². The minimum atomic E-state index is -0.666. The number of carbonyl (C=O) groups excluding carboxylic acids is 2. The number of rotatable bonds is 63. The van der Waals surface area contributed by atoms with Crippen LogP contribution in [0.15, 0.2) is 12.2 Å². The molecule has 434 valence electrons. The van der Waals surface area contributed by atoms with Crippen LogP contribution >= 0.6 is 0 Å². The molecule has 0 radical (unpaired) electrons. The number of hydrogen-bond acceptors (Lipinski definition) is 5. The zero-order chi connectivity index (χ0) is 52.9. The maximum atomic E-state index is 12.5. The van der Waals surface area contributed by atoms with E-state index >= 15 is 0 Å². The summed E-state index contributed by atoms with van der Waals surface area (Å²) in [5.74, 6) is -0.0291. The van der Waals surface area contributed by atoms with E-state index in [0.29, 0.717) is 25.9 Å². The Hall–Kier alpha value is -1.40. The molecular weight excluding hydrogens is 899 g/mol. The highest BCUT2D eigenvalue weighted by Gasteiger charge is 2.20. The second-order valence-corrected chi connectivity index (χ2v) is 23.2. The maximum Gasteiger partial charge on any atom is 0.305 e. The van der Waals surface area contributed by atoms with Crippen LogP contribution in [0.2, 0.25) is 0 Å². The number of carbonyl (C=O) groups is 2. The lowest BCUT2D eigenvalue weighted by Gasteiger charge is -2.22. The highest BCUT2D eigenvalue weighted by molar-refractivity contribution is 5.76. The molecule has 2 unspecified atom stereocenters. The molecule has 0 rings (SSSR count). The third-order valence-corrected chi connectivity index (χ3v) is 15.8. The molecule has 73 heavy (non-hydrogen) atoms. The minimum absolute atomic E-state index is 0.00324. The van der Waals surface area contributed by atoms with E-state index in [2.05, 4.69) is 31.3 Å². The van der Waals surface area contributed by atoms with Crippen molar-refractivity contribution in [1.82, 2.24) is 5.32 Å². The van der Waals surface area contributed by atoms with Gasteiger partial charge in [-0.2, -0.15) is 0 Å². The van der Waals surface area contributed by atoms with Gasteiger partial charge in [0.05, 0.1) is 25.4 Å². The Balaban J connectivity index is 3.39. The smallest absolute Gasteiger partial charge is 0.305 e. The molecule has 3 N–H and O–H groups in total. The maximum absolute atomic E-state index is 12.5. The lowest BCUT2D eigenvalue weighted by molar-refractivity contribution is -0.143. The summed E-state index contributed by atoms with van der Waals surface area (Å²) in [5.41, 5.74) is 0. The Morgan fingerprint density at radius 2 is 0.644 bits per heavy atom. The van der Waals surface area contributed by atoms with E-state index in [1.165, 1.54) is 302 Å². The molecule has 0 fully saturated rings. The van der Waals surface area contributed by atoms with Crippen molar-refractivity contribution in [2.45, 2.75) is 392 Å². The van der Waals surface area contributed by atoms with Crippen LogP contribution in [0.4, 0.5) is 0 Å². The number of unbranched alkanes of at least 4 members (excludes halogenated alkanes) is 50. The first kappa shape index (κ1) is 71.6. The van der Waals surface area contributed by atoms with Crippen LogP contribution in [0, 0.1) is 0 Å². The molecule has 6 nitrogen and oxygen atoms in total. The summed E-state index contributed by atoms with van der Waals surface area (Å²) in [4.78, 5) is 24.6. The first-order chi connectivity index (χ1) is 36.0. The van der Waals surface area contributed by atoms with Crippen LogP contribution in [0.3, 0.4) is 0 Å². The number of hydrogen-bond donors (Lipinski definition) is 3. The summed E-state index contributed by atoms with van der Waals surface area (Å²) in [6, 6.07) is -0.543. The Kier molecular flexibility index (Phi) is 61.9. The zero-order valence-corrected chi connectivity index (χ0v) is 49.6. The van der Waals surface area contributed by atoms with Crippen molar-refractivity contribution in [1.29, 1.82) is 0 Å². The third kappa shape index (κ3) is 59.7. The molecule has 0 aliphatic heterocycles. The molecule has 0 aromatic rings. The van der Waals surface area contributed by atoms with E-state index in [9.17, 15) is 19.8 Å². The van der Waals surface area contributed by atoms with Crippen LogP contribution in [0.25, 0.3) is 0 Å². The molecule has 1 amide bonds. The standard InChI is InChI=1S/C67H131NO5/c1-3-5-7-9-11-13-15-17-19-20-21-22-23-26-29-32-35-39-43-47-51-55-59-65(70)64(63-69)68-66(71)60-56-52-48-44-40-36-33-30-27-24-25-28-31-34-38-42-46-50-54-58-62-73-67(72)61-57-53-49-45-41-37-18-16-14-12-10-8-6-4-2/h16,18,64-65,69-70H,3-15,17,19-63H2,1-2H3,(H,68,71)/b18-16-. The molecule has 0 heterocycles. The average molecular weight is 1030 g/mol. The van der Waals surface area contributed by atoms with Gasteiger partial charge in [-0.15, -0.1) is 0 Å². The second kappa shape index (κ2) is 63.1. The lowest BCUT2D eigenvalue weighted by atomic mass is 10.0. The molecule has 0 aliphatic carbocycles. The number of aliphatic hydroxyl groups excluding tert-OH is 2. The number of amides is 1. The van der Waals surface area contributed by atoms with Crippen molar-refractivity contribution in [3.05, 3.63) is 12.2 Å². The molecular formula is C67H131NO5. The Bertz CT molecular complexity index is 1100. The normalized spacial score (nSPS) is 12.5. The summed E-state index contributed by atoms with van der Waals surface area (Å²) >= 11 is 0. The molecule has 6 heteroatoms. The van der Waals surface area contributed by atoms with Crippen LogP contribution < -0.4 is 5.32 Å². The predicted octanol–water partition coefficient (Wildman–Crippen LogP) is 21.2. The minimum Gasteiger partial charge on any atom is -0.466 e. The van der Waals surface area contributed by atoms with E-state index in [1.807, 2.05) is 0 Å². The molecule has 0 saturated carbocycles. The van der Waals surface area contributed by atoms with Gasteiger partial charge in [0, 0.05) is 12.8 Å². The monoisotopic (exact) mass is 1030 g/mol. The van der Waals surface area contributed by atoms with Gasteiger partial charge in [0.25, 0.3) is 0 Å². The van der Waals surface area contributed by atoms with E-state index < -0.39 is 12.1 Å². The van der Waals surface area contributed by atoms with Crippen molar-refractivity contribution < 1.29 is 24.5 Å². The zero-order valence-electron chi connectivity index (χ0n) is 49.6. The third-order valence-electron chi connectivity index (χ3n) is 15.8. The van der Waals surface area contributed by atoms with Crippen molar-refractivity contribution in [2.75, 3.05) is 13.2 Å². The van der Waals surface area contributed by atoms with Gasteiger partial charge < -0.3 is 20.3 Å². The van der Waals surface area contributed by atoms with Crippen molar-refractivity contribution >= 4 is 11.9 Å². The van der Waals surface area contributed by atoms with Crippen molar-refractivity contribution in [3.63, 3.8) is 0 Å². The molecule has 0 aromatic carbocycles. The highest BCUT2D eigenvalue weighted by atomic mass is 16.5. The Morgan fingerprint density at radius 3 is 0.973 bits per heavy atom. The fourth-order valence-electron chi connectivity index (χ4n) is 10.7. The second-order valence-electron chi connectivity index (χ2n) is 23.2. The van der Waals surface area contributed by atoms with Crippen LogP contribution in [-0.4, -0.2) is 47.4 Å². The number of esters is 1. The lowest BCUT2D eigenvalue weighted by Crippen LogP contribution is -2.45. The first-order valence-electron chi connectivity index (χ1n) is 33.4. The van der Waals surface area contributed by atoms with Gasteiger partial charge in [0.1, 0.15) is 0 Å². The summed E-state index contributed by atoms with van der Waals surface area (Å²) in [5, 5.41) is 23.4. The van der Waals surface area contributed by atoms with E-state index in [4.69, 9.17) is 4.74 Å². The SMILES string of the molecule is CCCCCCC/C=C\CCCCCCCC(=O)OCCCCCCCCCCCCCCCCCCCCCCC(=O)NC(CO)C(O)CCCCCCCCCCCCCCCCCCCCCCCC. The molecule has 0 bridgehead atoms. The fourth-order valence-corrected chi connectivity index (χ4v) is 10.7. The van der Waals surface area contributed by atoms with E-state index in [0.717, 1.165) is 44.9 Å². The van der Waals surface area contributed by atoms with Gasteiger partial charge in [0.2, 0.25) is 5.91 Å². The van der Waals surface area contributed by atoms with Gasteiger partial charge >= 0.3 is 5.97 Å². The van der Waals surface area contributed by atoms with Gasteiger partial charge in [-0.1, -0.05) is 328 Å². The highest BCUT2D eigenvalue weighted by Crippen LogP contribution is 2.19. The molecule has 0 aromatic heterocycles. The van der Waals surface area contributed by atoms with Crippen molar-refractivity contribution in [3.8, 4) is 0 Å². The number of ether oxygens (including phenoxy) is 1. The van der Waals surface area contributed by atoms with Crippen molar-refractivity contribution in [2.24, 2.45) is 0 Å². The van der Waals surface area contributed by atoms with Crippen LogP contribution in [-0.2, 0) is 14.3 Å². The first-order valence-corrected chi connectivity index (χ1v) is 33.4. The van der Waals surface area contributed by atoms with Gasteiger partial charge in [-0.25, -0.2) is 0 Å². The fraction of sp³-hybridized carbons (Fsp3) is 0.940. The average Bonchev–Trinajstić information content (AvgIpc) is 3.39. The summed E-state index contributed by atoms with van der Waals surface area (Å²) < 4.78 is 5.48. The quantitative estimate of drug-likeness (QED) is 0.0320. The molecule has 0 saturated heterocycles. The van der Waals surface area contributed by atoms with Crippen LogP contribution in [0.1, 0.15) is 380 Å². The van der Waals surface area contributed by atoms with Gasteiger partial charge in [-0.3, -0.25) is 9.59 Å². The molecule has 0 spiro atoms. The Morgan fingerprint density at radius 1 is 0.370 bits per heavy atom. The Labute approximate surface area is 457 Å². The topological polar surface area (TPSA) is 95.9 Å². The molecule has 0 aliphatic rings. The summed E-state index contributed by atoms with van der Waals surface area (Å²) in [6.45, 7) is 4.97. The largest absolute Gasteiger partial charge is 0.466 e. The van der Waals surface area contributed by atoms with E-state index in [1.54, 1.807) is 0 Å². The van der Waals surface area contributed by atoms with E-state index in [-0.39, 0.29) is 18.5 Å². The summed E-state index contributed by atoms with van der Waals surface area (Å²) in [7, 11) is 0. The number of allylic oxidation sites excluding steroid dienone is 2. The predicted molar refractivity (Wildman–Crippen MR) is 320 cm³/mol. The molecule has 2 atom stereocenters.